The summed E-state index contributed by atoms with van der Waals surface area (Å²) in [6, 6.07) is 5.03. The van der Waals surface area contributed by atoms with E-state index in [1.165, 1.54) is 12.3 Å². The predicted octanol–water partition coefficient (Wildman–Crippen LogP) is 2.52. The van der Waals surface area contributed by atoms with Gasteiger partial charge in [-0.3, -0.25) is 0 Å². The van der Waals surface area contributed by atoms with Crippen molar-refractivity contribution in [2.24, 2.45) is 5.41 Å². The zero-order valence-corrected chi connectivity index (χ0v) is 12.3. The van der Waals surface area contributed by atoms with Crippen LogP contribution in [0, 0.1) is 5.41 Å². The van der Waals surface area contributed by atoms with Gasteiger partial charge in [0.1, 0.15) is 0 Å². The van der Waals surface area contributed by atoms with Gasteiger partial charge in [0, 0.05) is 12.8 Å². The van der Waals surface area contributed by atoms with Crippen molar-refractivity contribution in [1.82, 2.24) is 0 Å². The largest absolute Gasteiger partial charge is 0.396 e. The van der Waals surface area contributed by atoms with Gasteiger partial charge in [0.15, 0.2) is 9.84 Å². The molecule has 0 heterocycles. The Hall–Kier alpha value is -1.23. The molecule has 18 heavy (non-hydrogen) atoms. The Bertz CT molecular complexity index is 522. The van der Waals surface area contributed by atoms with E-state index in [2.05, 4.69) is 26.1 Å². The minimum absolute atomic E-state index is 0.146. The van der Waals surface area contributed by atoms with Crippen LogP contribution in [0.5, 0.6) is 0 Å². The van der Waals surface area contributed by atoms with Crippen molar-refractivity contribution >= 4 is 21.2 Å². The van der Waals surface area contributed by atoms with Crippen molar-refractivity contribution < 1.29 is 8.42 Å². The van der Waals surface area contributed by atoms with Gasteiger partial charge in [-0.05, 0) is 24.0 Å². The third-order valence-corrected chi connectivity index (χ3v) is 4.34. The maximum atomic E-state index is 11.6. The summed E-state index contributed by atoms with van der Waals surface area (Å²) in [5.74, 6) is 0. The number of hydrogen-bond donors (Lipinski definition) is 2. The molecule has 0 radical (unpaired) electrons. The third-order valence-electron chi connectivity index (χ3n) is 3.18. The molecule has 0 aliphatic rings. The number of nitrogens with two attached hydrogens (primary N) is 1. The van der Waals surface area contributed by atoms with Gasteiger partial charge in [0.05, 0.1) is 16.3 Å². The average Bonchev–Trinajstić information content (AvgIpc) is 2.26. The van der Waals surface area contributed by atoms with E-state index in [0.29, 0.717) is 11.4 Å². The lowest BCUT2D eigenvalue weighted by atomic mass is 9.90. The molecule has 4 nitrogen and oxygen atoms in total. The number of anilines is 2. The predicted molar refractivity (Wildman–Crippen MR) is 76.5 cm³/mol. The van der Waals surface area contributed by atoms with Gasteiger partial charge < -0.3 is 11.1 Å². The Kier molecular flexibility index (Phi) is 4.27. The average molecular weight is 270 g/mol. The molecule has 1 aromatic carbocycles. The zero-order valence-electron chi connectivity index (χ0n) is 11.4. The molecule has 0 amide bonds. The molecule has 1 aromatic rings. The molecule has 0 aromatic heterocycles. The standard InChI is InChI=1S/C13H22N2O2S/c1-5-13(2,3)9-15-10-7-6-8-11(12(10)14)18(4,16)17/h6-8,15H,5,9,14H2,1-4H3. The number of nitrogen functional groups attached to an aromatic ring is 1. The van der Waals surface area contributed by atoms with Crippen molar-refractivity contribution in [3.8, 4) is 0 Å². The molecule has 0 saturated carbocycles. The smallest absolute Gasteiger partial charge is 0.177 e. The highest BCUT2D eigenvalue weighted by atomic mass is 32.2. The Labute approximate surface area is 110 Å². The first kappa shape index (κ1) is 14.8. The van der Waals surface area contributed by atoms with E-state index >= 15 is 0 Å². The Balaban J connectivity index is 2.99. The first-order valence-corrected chi connectivity index (χ1v) is 7.89. The van der Waals surface area contributed by atoms with E-state index in [0.717, 1.165) is 13.0 Å². The van der Waals surface area contributed by atoms with E-state index in [1.807, 2.05) is 0 Å². The fourth-order valence-corrected chi connectivity index (χ4v) is 2.32. The SMILES string of the molecule is CCC(C)(C)CNc1cccc(S(C)(=O)=O)c1N. The highest BCUT2D eigenvalue weighted by molar-refractivity contribution is 7.90. The number of benzene rings is 1. The number of rotatable bonds is 5. The molecule has 0 fully saturated rings. The Morgan fingerprint density at radius 1 is 1.33 bits per heavy atom. The molecule has 0 spiro atoms. The first-order valence-electron chi connectivity index (χ1n) is 6.00. The van der Waals surface area contributed by atoms with Gasteiger partial charge in [-0.1, -0.05) is 26.8 Å². The molecule has 102 valence electrons. The van der Waals surface area contributed by atoms with E-state index in [9.17, 15) is 8.42 Å². The van der Waals surface area contributed by atoms with E-state index in [1.54, 1.807) is 12.1 Å². The maximum Gasteiger partial charge on any atom is 0.177 e. The first-order chi connectivity index (χ1) is 8.17. The van der Waals surface area contributed by atoms with E-state index in [-0.39, 0.29) is 10.3 Å². The van der Waals surface area contributed by atoms with Crippen LogP contribution in [0.4, 0.5) is 11.4 Å². The molecular weight excluding hydrogens is 248 g/mol. The fraction of sp³-hybridized carbons (Fsp3) is 0.538. The molecule has 0 aliphatic heterocycles. The second-order valence-corrected chi connectivity index (χ2v) is 7.35. The van der Waals surface area contributed by atoms with Crippen LogP contribution in [0.15, 0.2) is 23.1 Å². The molecule has 0 atom stereocenters. The maximum absolute atomic E-state index is 11.6. The lowest BCUT2D eigenvalue weighted by Crippen LogP contribution is -2.22. The summed E-state index contributed by atoms with van der Waals surface area (Å²) < 4.78 is 23.1. The lowest BCUT2D eigenvalue weighted by Gasteiger charge is -2.24. The van der Waals surface area contributed by atoms with Crippen LogP contribution < -0.4 is 11.1 Å². The molecule has 5 heteroatoms. The van der Waals surface area contributed by atoms with Crippen LogP contribution >= 0.6 is 0 Å². The highest BCUT2D eigenvalue weighted by Gasteiger charge is 2.17. The monoisotopic (exact) mass is 270 g/mol. The van der Waals surface area contributed by atoms with Gasteiger partial charge in [-0.15, -0.1) is 0 Å². The van der Waals surface area contributed by atoms with Crippen LogP contribution in [0.3, 0.4) is 0 Å². The second kappa shape index (κ2) is 5.18. The number of sulfone groups is 1. The minimum Gasteiger partial charge on any atom is -0.396 e. The van der Waals surface area contributed by atoms with Crippen LogP contribution in [-0.4, -0.2) is 21.2 Å². The fourth-order valence-electron chi connectivity index (χ4n) is 1.48. The van der Waals surface area contributed by atoms with Crippen molar-refractivity contribution in [1.29, 1.82) is 0 Å². The summed E-state index contributed by atoms with van der Waals surface area (Å²) in [6.07, 6.45) is 2.20. The molecule has 0 unspecified atom stereocenters. The zero-order chi connectivity index (χ0) is 14.0. The molecule has 0 aliphatic carbocycles. The molecule has 0 bridgehead atoms. The van der Waals surface area contributed by atoms with Crippen molar-refractivity contribution in [2.75, 3.05) is 23.9 Å². The summed E-state index contributed by atoms with van der Waals surface area (Å²) in [4.78, 5) is 0.182. The number of hydrogen-bond acceptors (Lipinski definition) is 4. The summed E-state index contributed by atoms with van der Waals surface area (Å²) in [5.41, 5.74) is 7.02. The van der Waals surface area contributed by atoms with Gasteiger partial charge >= 0.3 is 0 Å². The Morgan fingerprint density at radius 3 is 2.44 bits per heavy atom. The van der Waals surface area contributed by atoms with Crippen LogP contribution in [0.25, 0.3) is 0 Å². The van der Waals surface area contributed by atoms with Crippen molar-refractivity contribution in [3.63, 3.8) is 0 Å². The molecular formula is C13H22N2O2S. The lowest BCUT2D eigenvalue weighted by molar-refractivity contribution is 0.377. The van der Waals surface area contributed by atoms with Gasteiger partial charge in [0.2, 0.25) is 0 Å². The van der Waals surface area contributed by atoms with Crippen molar-refractivity contribution in [2.45, 2.75) is 32.1 Å². The quantitative estimate of drug-likeness (QED) is 0.806. The van der Waals surface area contributed by atoms with Crippen LogP contribution in [0.1, 0.15) is 27.2 Å². The number of nitrogens with one attached hydrogen (secondary N) is 1. The topological polar surface area (TPSA) is 72.2 Å². The Morgan fingerprint density at radius 2 is 1.94 bits per heavy atom. The van der Waals surface area contributed by atoms with Gasteiger partial charge in [-0.2, -0.15) is 0 Å². The van der Waals surface area contributed by atoms with E-state index in [4.69, 9.17) is 5.73 Å². The summed E-state index contributed by atoms with van der Waals surface area (Å²) in [7, 11) is -3.28. The van der Waals surface area contributed by atoms with Gasteiger partial charge in [-0.25, -0.2) is 8.42 Å². The van der Waals surface area contributed by atoms with Gasteiger partial charge in [0.25, 0.3) is 0 Å². The second-order valence-electron chi connectivity index (χ2n) is 5.36. The normalized spacial score (nSPS) is 12.4. The van der Waals surface area contributed by atoms with E-state index < -0.39 is 9.84 Å². The van der Waals surface area contributed by atoms with Crippen LogP contribution in [0.2, 0.25) is 0 Å². The number of para-hydroxylation sites is 1. The molecule has 0 saturated heterocycles. The summed E-state index contributed by atoms with van der Waals surface area (Å²) in [5, 5.41) is 3.23. The highest BCUT2D eigenvalue weighted by Crippen LogP contribution is 2.28. The van der Waals surface area contributed by atoms with Crippen LogP contribution in [-0.2, 0) is 9.84 Å². The summed E-state index contributed by atoms with van der Waals surface area (Å²) in [6.45, 7) is 7.17. The van der Waals surface area contributed by atoms with Crippen molar-refractivity contribution in [3.05, 3.63) is 18.2 Å². The molecule has 1 rings (SSSR count). The third kappa shape index (κ3) is 3.63. The summed E-state index contributed by atoms with van der Waals surface area (Å²) >= 11 is 0. The minimum atomic E-state index is -3.28. The molecule has 3 N–H and O–H groups in total.